The highest BCUT2D eigenvalue weighted by Crippen LogP contribution is 2.17. The third-order valence-electron chi connectivity index (χ3n) is 4.75. The summed E-state index contributed by atoms with van der Waals surface area (Å²) in [5, 5.41) is 9.00. The molecule has 0 radical (unpaired) electrons. The van der Waals surface area contributed by atoms with Crippen molar-refractivity contribution >= 4 is 15.9 Å². The molecule has 1 aliphatic rings. The van der Waals surface area contributed by atoms with Crippen LogP contribution in [0.15, 0.2) is 59.5 Å². The van der Waals surface area contributed by atoms with Crippen molar-refractivity contribution in [3.8, 4) is 5.75 Å². The van der Waals surface area contributed by atoms with Crippen LogP contribution in [0.1, 0.15) is 5.56 Å². The molecule has 0 aromatic heterocycles. The van der Waals surface area contributed by atoms with E-state index in [9.17, 15) is 13.2 Å². The minimum Gasteiger partial charge on any atom is -0.489 e. The average Bonchev–Trinajstić information content (AvgIpc) is 2.79. The smallest absolute Gasteiger partial charge is 0.262 e. The minimum absolute atomic E-state index is 0.0553. The fourth-order valence-corrected chi connectivity index (χ4v) is 4.12. The van der Waals surface area contributed by atoms with E-state index in [-0.39, 0.29) is 11.4 Å². The number of benzene rings is 2. The number of hydrogen-bond acceptors (Lipinski definition) is 7. The lowest BCUT2D eigenvalue weighted by Gasteiger charge is -2.32. The van der Waals surface area contributed by atoms with Gasteiger partial charge in [0.1, 0.15) is 18.4 Å². The molecule has 3 rings (SSSR count). The first-order valence-electron chi connectivity index (χ1n) is 9.52. The summed E-state index contributed by atoms with van der Waals surface area (Å²) in [5.41, 5.74) is 2.61. The summed E-state index contributed by atoms with van der Waals surface area (Å²) >= 11 is 0. The molecule has 1 fully saturated rings. The van der Waals surface area contributed by atoms with Crippen LogP contribution in [0.25, 0.3) is 0 Å². The summed E-state index contributed by atoms with van der Waals surface area (Å²) in [5.74, 6) is -0.132. The van der Waals surface area contributed by atoms with Gasteiger partial charge in [-0.25, -0.2) is 18.6 Å². The second kappa shape index (κ2) is 10.5. The maximum Gasteiger partial charge on any atom is 0.262 e. The van der Waals surface area contributed by atoms with Crippen molar-refractivity contribution in [2.45, 2.75) is 17.5 Å². The van der Waals surface area contributed by atoms with Crippen LogP contribution in [-0.2, 0) is 26.2 Å². The van der Waals surface area contributed by atoms with E-state index in [2.05, 4.69) is 4.72 Å². The van der Waals surface area contributed by atoms with Gasteiger partial charge in [-0.1, -0.05) is 30.3 Å². The van der Waals surface area contributed by atoms with Crippen molar-refractivity contribution in [3.63, 3.8) is 0 Å². The van der Waals surface area contributed by atoms with Crippen molar-refractivity contribution in [2.75, 3.05) is 32.8 Å². The summed E-state index contributed by atoms with van der Waals surface area (Å²) in [6.07, 6.45) is 0. The normalized spacial score (nSPS) is 16.0. The molecule has 162 valence electrons. The fraction of sp³-hybridized carbons (Fsp3) is 0.350. The topological polar surface area (TPSA) is 117 Å². The summed E-state index contributed by atoms with van der Waals surface area (Å²) < 4.78 is 38.6. The maximum atomic E-state index is 12.6. The Kier molecular flexibility index (Phi) is 7.77. The van der Waals surface area contributed by atoms with Gasteiger partial charge in [-0.05, 0) is 29.8 Å². The number of rotatable bonds is 9. The van der Waals surface area contributed by atoms with Gasteiger partial charge in [0.25, 0.3) is 5.91 Å². The molecule has 1 atom stereocenters. The molecule has 1 amide bonds. The molecule has 30 heavy (non-hydrogen) atoms. The highest BCUT2D eigenvalue weighted by molar-refractivity contribution is 7.89. The number of morpholine rings is 1. The highest BCUT2D eigenvalue weighted by Gasteiger charge is 2.29. The van der Waals surface area contributed by atoms with Gasteiger partial charge in [0.2, 0.25) is 10.0 Å². The number of nitrogens with one attached hydrogen (secondary N) is 2. The van der Waals surface area contributed by atoms with E-state index in [1.54, 1.807) is 22.5 Å². The van der Waals surface area contributed by atoms with Crippen molar-refractivity contribution in [1.82, 2.24) is 15.1 Å². The zero-order valence-electron chi connectivity index (χ0n) is 16.4. The molecule has 2 aromatic rings. The molecule has 0 bridgehead atoms. The third kappa shape index (κ3) is 6.00. The number of hydrogen-bond donors (Lipinski definition) is 3. The van der Waals surface area contributed by atoms with Gasteiger partial charge in [0.15, 0.2) is 0 Å². The predicted octanol–water partition coefficient (Wildman–Crippen LogP) is 0.750. The largest absolute Gasteiger partial charge is 0.489 e. The van der Waals surface area contributed by atoms with Crippen molar-refractivity contribution in [3.05, 3.63) is 60.2 Å². The predicted molar refractivity (Wildman–Crippen MR) is 109 cm³/mol. The minimum atomic E-state index is -3.84. The van der Waals surface area contributed by atoms with E-state index in [0.717, 1.165) is 5.56 Å². The molecule has 1 saturated heterocycles. The summed E-state index contributed by atoms with van der Waals surface area (Å²) in [4.78, 5) is 13.8. The van der Waals surface area contributed by atoms with E-state index in [4.69, 9.17) is 14.7 Å². The van der Waals surface area contributed by atoms with Crippen LogP contribution in [0.4, 0.5) is 0 Å². The van der Waals surface area contributed by atoms with Crippen molar-refractivity contribution in [2.24, 2.45) is 0 Å². The van der Waals surface area contributed by atoms with E-state index >= 15 is 0 Å². The Morgan fingerprint density at radius 1 is 1.10 bits per heavy atom. The second-order valence-electron chi connectivity index (χ2n) is 6.74. The van der Waals surface area contributed by atoms with E-state index in [0.29, 0.717) is 38.7 Å². The first kappa shape index (κ1) is 22.2. The quantitative estimate of drug-likeness (QED) is 0.393. The Labute approximate surface area is 175 Å². The van der Waals surface area contributed by atoms with E-state index in [1.165, 1.54) is 12.1 Å². The van der Waals surface area contributed by atoms with E-state index in [1.807, 2.05) is 30.3 Å². The van der Waals surface area contributed by atoms with Crippen LogP contribution >= 0.6 is 0 Å². The van der Waals surface area contributed by atoms with Gasteiger partial charge in [0.05, 0.1) is 18.1 Å². The first-order valence-corrected chi connectivity index (χ1v) is 11.0. The molecule has 3 N–H and O–H groups in total. The molecule has 0 saturated carbocycles. The molecular formula is C20H25N3O6S. The average molecular weight is 436 g/mol. The molecule has 10 heteroatoms. The van der Waals surface area contributed by atoms with Crippen LogP contribution in [0.3, 0.4) is 0 Å². The molecule has 1 unspecified atom stereocenters. The zero-order chi connectivity index (χ0) is 21.4. The monoisotopic (exact) mass is 435 g/mol. The van der Waals surface area contributed by atoms with Crippen molar-refractivity contribution in [1.29, 1.82) is 0 Å². The lowest BCUT2D eigenvalue weighted by atomic mass is 10.2. The SMILES string of the molecule is O=C(NO)C(CNS(=O)(=O)c1ccc(OCc2ccccc2)cc1)N1CCOCC1. The Morgan fingerprint density at radius 2 is 1.77 bits per heavy atom. The number of sulfonamides is 1. The summed E-state index contributed by atoms with van der Waals surface area (Å²) in [6.45, 7) is 2.00. The van der Waals surface area contributed by atoms with Crippen LogP contribution in [0, 0.1) is 0 Å². The van der Waals surface area contributed by atoms with Gasteiger partial charge >= 0.3 is 0 Å². The Hall–Kier alpha value is -2.50. The summed E-state index contributed by atoms with van der Waals surface area (Å²) in [7, 11) is -3.84. The molecule has 9 nitrogen and oxygen atoms in total. The Balaban J connectivity index is 1.60. The number of hydroxylamine groups is 1. The lowest BCUT2D eigenvalue weighted by Crippen LogP contribution is -2.55. The molecule has 2 aromatic carbocycles. The van der Waals surface area contributed by atoms with Gasteiger partial charge in [0, 0.05) is 19.6 Å². The standard InChI is InChI=1S/C20H25N3O6S/c24-20(22-25)19(23-10-12-28-13-11-23)14-21-30(26,27)18-8-6-17(7-9-18)29-15-16-4-2-1-3-5-16/h1-9,19,21,25H,10-15H2,(H,22,24). The summed E-state index contributed by atoms with van der Waals surface area (Å²) in [6, 6.07) is 14.8. The number of nitrogens with zero attached hydrogens (tertiary/aromatic N) is 1. The number of carbonyl (C=O) groups is 1. The Morgan fingerprint density at radius 3 is 2.40 bits per heavy atom. The van der Waals surface area contributed by atoms with Gasteiger partial charge in [-0.3, -0.25) is 14.9 Å². The molecular weight excluding hydrogens is 410 g/mol. The van der Waals surface area contributed by atoms with E-state index < -0.39 is 22.0 Å². The highest BCUT2D eigenvalue weighted by atomic mass is 32.2. The van der Waals surface area contributed by atoms with Crippen LogP contribution in [0.5, 0.6) is 5.75 Å². The van der Waals surface area contributed by atoms with Gasteiger partial charge < -0.3 is 9.47 Å². The first-order chi connectivity index (χ1) is 14.5. The molecule has 0 aliphatic carbocycles. The van der Waals surface area contributed by atoms with Gasteiger partial charge in [-0.2, -0.15) is 0 Å². The number of carbonyl (C=O) groups excluding carboxylic acids is 1. The van der Waals surface area contributed by atoms with Crippen LogP contribution < -0.4 is 14.9 Å². The number of amides is 1. The lowest BCUT2D eigenvalue weighted by molar-refractivity contribution is -0.136. The fourth-order valence-electron chi connectivity index (χ4n) is 3.08. The second-order valence-corrected chi connectivity index (χ2v) is 8.50. The molecule has 0 spiro atoms. The zero-order valence-corrected chi connectivity index (χ0v) is 17.2. The third-order valence-corrected chi connectivity index (χ3v) is 6.19. The van der Waals surface area contributed by atoms with Gasteiger partial charge in [-0.15, -0.1) is 0 Å². The number of ether oxygens (including phenoxy) is 2. The van der Waals surface area contributed by atoms with Crippen LogP contribution in [-0.4, -0.2) is 63.3 Å². The van der Waals surface area contributed by atoms with Crippen molar-refractivity contribution < 1.29 is 27.9 Å². The molecule has 1 aliphatic heterocycles. The molecule has 1 heterocycles. The Bertz CT molecular complexity index is 915. The van der Waals surface area contributed by atoms with Crippen LogP contribution in [0.2, 0.25) is 0 Å². The maximum absolute atomic E-state index is 12.6.